The molecule has 0 bridgehead atoms. The van der Waals surface area contributed by atoms with Crippen LogP contribution in [0.3, 0.4) is 0 Å². The van der Waals surface area contributed by atoms with Crippen LogP contribution >= 0.6 is 12.4 Å². The Morgan fingerprint density at radius 1 is 1.30 bits per heavy atom. The maximum absolute atomic E-state index is 12.2. The summed E-state index contributed by atoms with van der Waals surface area (Å²) in [6.45, 7) is 3.05. The molecule has 0 radical (unpaired) electrons. The maximum Gasteiger partial charge on any atom is 0.227 e. The van der Waals surface area contributed by atoms with Gasteiger partial charge in [-0.2, -0.15) is 4.98 Å². The Labute approximate surface area is 165 Å². The minimum Gasteiger partial charge on any atom is -0.494 e. The van der Waals surface area contributed by atoms with Gasteiger partial charge in [0.15, 0.2) is 0 Å². The molecule has 3 rings (SSSR count). The molecule has 8 heteroatoms. The van der Waals surface area contributed by atoms with Gasteiger partial charge in [0.05, 0.1) is 12.1 Å². The summed E-state index contributed by atoms with van der Waals surface area (Å²) in [4.78, 5) is 16.6. The molecule has 27 heavy (non-hydrogen) atoms. The number of halogens is 1. The molecule has 1 aromatic carbocycles. The van der Waals surface area contributed by atoms with Crippen LogP contribution in [-0.4, -0.2) is 34.7 Å². The lowest BCUT2D eigenvalue weighted by Gasteiger charge is -2.28. The van der Waals surface area contributed by atoms with Crippen molar-refractivity contribution in [2.45, 2.75) is 51.0 Å². The fourth-order valence-electron chi connectivity index (χ4n) is 3.35. The number of nitrogens with zero attached hydrogens (tertiary/aromatic N) is 2. The van der Waals surface area contributed by atoms with E-state index in [1.165, 1.54) is 0 Å². The first kappa shape index (κ1) is 21.2. The van der Waals surface area contributed by atoms with Gasteiger partial charge in [0, 0.05) is 24.9 Å². The highest BCUT2D eigenvalue weighted by Crippen LogP contribution is 2.28. The van der Waals surface area contributed by atoms with Crippen molar-refractivity contribution in [3.8, 4) is 17.1 Å². The van der Waals surface area contributed by atoms with Crippen LogP contribution in [0, 0.1) is 0 Å². The van der Waals surface area contributed by atoms with Gasteiger partial charge in [-0.15, -0.1) is 12.4 Å². The molecule has 1 heterocycles. The second kappa shape index (κ2) is 9.71. The molecular weight excluding hydrogens is 368 g/mol. The minimum atomic E-state index is -0.223. The quantitative estimate of drug-likeness (QED) is 0.713. The van der Waals surface area contributed by atoms with Crippen molar-refractivity contribution in [2.24, 2.45) is 5.73 Å². The predicted octanol–water partition coefficient (Wildman–Crippen LogP) is 2.88. The van der Waals surface area contributed by atoms with E-state index in [-0.39, 0.29) is 23.9 Å². The number of nitrogens with one attached hydrogen (secondary N) is 1. The Hall–Kier alpha value is -2.12. The SMILES string of the molecule is CCOc1ccc(-c2noc(CCC(=O)NC3(CN)CCCC3)n2)cc1.Cl. The zero-order valence-electron chi connectivity index (χ0n) is 15.6. The third-order valence-electron chi connectivity index (χ3n) is 4.81. The second-order valence-electron chi connectivity index (χ2n) is 6.71. The van der Waals surface area contributed by atoms with Gasteiger partial charge in [-0.3, -0.25) is 4.79 Å². The number of benzene rings is 1. The average molecular weight is 395 g/mol. The van der Waals surface area contributed by atoms with Gasteiger partial charge < -0.3 is 20.3 Å². The van der Waals surface area contributed by atoms with Crippen LogP contribution < -0.4 is 15.8 Å². The number of ether oxygens (including phenoxy) is 1. The van der Waals surface area contributed by atoms with Gasteiger partial charge in [0.25, 0.3) is 0 Å². The summed E-state index contributed by atoms with van der Waals surface area (Å²) >= 11 is 0. The van der Waals surface area contributed by atoms with Crippen molar-refractivity contribution in [1.29, 1.82) is 0 Å². The number of rotatable bonds is 8. The van der Waals surface area contributed by atoms with Gasteiger partial charge in [-0.1, -0.05) is 18.0 Å². The number of amides is 1. The van der Waals surface area contributed by atoms with Crippen LogP contribution in [0.4, 0.5) is 0 Å². The Balaban J connectivity index is 0.00000261. The van der Waals surface area contributed by atoms with Crippen molar-refractivity contribution in [2.75, 3.05) is 13.2 Å². The first-order valence-corrected chi connectivity index (χ1v) is 9.21. The van der Waals surface area contributed by atoms with Crippen LogP contribution in [-0.2, 0) is 11.2 Å². The van der Waals surface area contributed by atoms with Gasteiger partial charge in [0.1, 0.15) is 5.75 Å². The zero-order chi connectivity index (χ0) is 18.4. The van der Waals surface area contributed by atoms with E-state index in [4.69, 9.17) is 15.0 Å². The van der Waals surface area contributed by atoms with Crippen LogP contribution in [0.2, 0.25) is 0 Å². The molecule has 0 aliphatic heterocycles. The zero-order valence-corrected chi connectivity index (χ0v) is 16.4. The third-order valence-corrected chi connectivity index (χ3v) is 4.81. The molecule has 148 valence electrons. The van der Waals surface area contributed by atoms with E-state index in [0.717, 1.165) is 37.0 Å². The number of carbonyl (C=O) groups excluding carboxylic acids is 1. The average Bonchev–Trinajstić information content (AvgIpc) is 3.31. The molecule has 1 aliphatic carbocycles. The number of hydrogen-bond donors (Lipinski definition) is 2. The van der Waals surface area contributed by atoms with E-state index in [9.17, 15) is 4.79 Å². The molecule has 1 fully saturated rings. The van der Waals surface area contributed by atoms with E-state index in [2.05, 4.69) is 15.5 Å². The highest BCUT2D eigenvalue weighted by molar-refractivity contribution is 5.85. The predicted molar refractivity (Wildman–Crippen MR) is 105 cm³/mol. The molecule has 0 atom stereocenters. The fraction of sp³-hybridized carbons (Fsp3) is 0.526. The summed E-state index contributed by atoms with van der Waals surface area (Å²) in [5.74, 6) is 1.76. The summed E-state index contributed by atoms with van der Waals surface area (Å²) in [7, 11) is 0. The van der Waals surface area contributed by atoms with E-state index in [0.29, 0.717) is 37.7 Å². The van der Waals surface area contributed by atoms with Gasteiger partial charge in [-0.25, -0.2) is 0 Å². The number of hydrogen-bond acceptors (Lipinski definition) is 6. The molecule has 1 amide bonds. The first-order valence-electron chi connectivity index (χ1n) is 9.21. The highest BCUT2D eigenvalue weighted by atomic mass is 35.5. The van der Waals surface area contributed by atoms with Crippen LogP contribution in [0.15, 0.2) is 28.8 Å². The van der Waals surface area contributed by atoms with Gasteiger partial charge in [-0.05, 0) is 44.0 Å². The van der Waals surface area contributed by atoms with Gasteiger partial charge in [0.2, 0.25) is 17.6 Å². The smallest absolute Gasteiger partial charge is 0.227 e. The minimum absolute atomic E-state index is 0. The van der Waals surface area contributed by atoms with Crippen LogP contribution in [0.1, 0.15) is 44.9 Å². The summed E-state index contributed by atoms with van der Waals surface area (Å²) in [6, 6.07) is 7.52. The second-order valence-corrected chi connectivity index (χ2v) is 6.71. The lowest BCUT2D eigenvalue weighted by Crippen LogP contribution is -2.51. The summed E-state index contributed by atoms with van der Waals surface area (Å²) in [6.07, 6.45) is 4.87. The third kappa shape index (κ3) is 5.43. The number of nitrogens with two attached hydrogens (primary N) is 1. The van der Waals surface area contributed by atoms with Crippen LogP contribution in [0.5, 0.6) is 5.75 Å². The van der Waals surface area contributed by atoms with E-state index in [1.807, 2.05) is 31.2 Å². The maximum atomic E-state index is 12.2. The topological polar surface area (TPSA) is 103 Å². The molecule has 0 spiro atoms. The molecule has 1 aromatic heterocycles. The monoisotopic (exact) mass is 394 g/mol. The molecular formula is C19H27ClN4O3. The fourth-order valence-corrected chi connectivity index (χ4v) is 3.35. The van der Waals surface area contributed by atoms with Crippen molar-refractivity contribution in [3.63, 3.8) is 0 Å². The highest BCUT2D eigenvalue weighted by Gasteiger charge is 2.33. The van der Waals surface area contributed by atoms with Crippen molar-refractivity contribution in [1.82, 2.24) is 15.5 Å². The lowest BCUT2D eigenvalue weighted by atomic mass is 9.97. The molecule has 1 aliphatic rings. The molecule has 0 saturated heterocycles. The Bertz CT molecular complexity index is 727. The summed E-state index contributed by atoms with van der Waals surface area (Å²) in [5, 5.41) is 7.10. The molecule has 0 unspecified atom stereocenters. The number of aryl methyl sites for hydroxylation is 1. The first-order chi connectivity index (χ1) is 12.6. The molecule has 1 saturated carbocycles. The normalized spacial score (nSPS) is 15.2. The van der Waals surface area contributed by atoms with Crippen molar-refractivity contribution in [3.05, 3.63) is 30.2 Å². The standard InChI is InChI=1S/C19H26N4O3.ClH/c1-2-25-15-7-5-14(6-8-15)18-21-17(26-23-18)10-9-16(24)22-19(13-20)11-3-4-12-19;/h5-8H,2-4,9-13,20H2,1H3,(H,22,24);1H. The summed E-state index contributed by atoms with van der Waals surface area (Å²) < 4.78 is 10.7. The van der Waals surface area contributed by atoms with E-state index >= 15 is 0 Å². The van der Waals surface area contributed by atoms with E-state index < -0.39 is 0 Å². The molecule has 3 N–H and O–H groups in total. The lowest BCUT2D eigenvalue weighted by molar-refractivity contribution is -0.123. The number of aromatic nitrogens is 2. The molecule has 7 nitrogen and oxygen atoms in total. The van der Waals surface area contributed by atoms with Crippen molar-refractivity contribution < 1.29 is 14.1 Å². The van der Waals surface area contributed by atoms with E-state index in [1.54, 1.807) is 0 Å². The van der Waals surface area contributed by atoms with Crippen LogP contribution in [0.25, 0.3) is 11.4 Å². The van der Waals surface area contributed by atoms with Crippen molar-refractivity contribution >= 4 is 18.3 Å². The number of carbonyl (C=O) groups is 1. The van der Waals surface area contributed by atoms with Gasteiger partial charge >= 0.3 is 0 Å². The Morgan fingerprint density at radius 3 is 2.63 bits per heavy atom. The molecule has 2 aromatic rings. The Kier molecular flexibility index (Phi) is 7.62. The summed E-state index contributed by atoms with van der Waals surface area (Å²) in [5.41, 5.74) is 6.48. The largest absolute Gasteiger partial charge is 0.494 e. The Morgan fingerprint density at radius 2 is 2.00 bits per heavy atom.